The molecule has 0 saturated carbocycles. The van der Waals surface area contributed by atoms with Gasteiger partial charge in [0.2, 0.25) is 5.96 Å². The number of hydrogen-bond donors (Lipinski definition) is 1. The quantitative estimate of drug-likeness (QED) is 0.205. The van der Waals surface area contributed by atoms with E-state index in [1.54, 1.807) is 0 Å². The van der Waals surface area contributed by atoms with Crippen molar-refractivity contribution in [2.75, 3.05) is 0 Å². The molecule has 210 valence electrons. The van der Waals surface area contributed by atoms with E-state index in [4.69, 9.17) is 4.99 Å². The Labute approximate surface area is 259 Å². The van der Waals surface area contributed by atoms with Crippen LogP contribution in [0.1, 0.15) is 40.1 Å². The Hall–Kier alpha value is -4.93. The Morgan fingerprint density at radius 1 is 0.795 bits per heavy atom. The van der Waals surface area contributed by atoms with Gasteiger partial charge in [-0.25, -0.2) is 4.99 Å². The minimum atomic E-state index is 0.0404. The number of allylic oxidation sites excluding steroid dienone is 1. The molecule has 7 aromatic rings. The highest BCUT2D eigenvalue weighted by molar-refractivity contribution is 7.21. The molecular formula is C40H29N3S. The molecule has 1 aliphatic heterocycles. The average molecular weight is 584 g/mol. The van der Waals surface area contributed by atoms with E-state index in [0.717, 1.165) is 24.5 Å². The van der Waals surface area contributed by atoms with E-state index in [9.17, 15) is 0 Å². The van der Waals surface area contributed by atoms with E-state index in [0.29, 0.717) is 5.92 Å². The molecule has 1 N–H and O–H groups in total. The largest absolute Gasteiger partial charge is 0.345 e. The van der Waals surface area contributed by atoms with Gasteiger partial charge in [-0.15, -0.1) is 11.3 Å². The van der Waals surface area contributed by atoms with Crippen molar-refractivity contribution in [2.45, 2.75) is 25.8 Å². The maximum Gasteiger partial charge on any atom is 0.209 e. The van der Waals surface area contributed by atoms with Gasteiger partial charge < -0.3 is 5.32 Å². The minimum absolute atomic E-state index is 0.0404. The van der Waals surface area contributed by atoms with E-state index in [-0.39, 0.29) is 6.04 Å². The monoisotopic (exact) mass is 583 g/mol. The number of aliphatic imine (C=N–C) groups is 1. The van der Waals surface area contributed by atoms with E-state index < -0.39 is 0 Å². The zero-order chi connectivity index (χ0) is 28.9. The van der Waals surface area contributed by atoms with Crippen LogP contribution in [-0.4, -0.2) is 10.5 Å². The van der Waals surface area contributed by atoms with Crippen molar-refractivity contribution < 1.29 is 0 Å². The molecule has 0 spiro atoms. The lowest BCUT2D eigenvalue weighted by Crippen LogP contribution is -2.37. The first-order valence-electron chi connectivity index (χ1n) is 15.5. The summed E-state index contributed by atoms with van der Waals surface area (Å²) >= 11 is 1.94. The van der Waals surface area contributed by atoms with Crippen molar-refractivity contribution in [1.29, 1.82) is 0 Å². The third-order valence-electron chi connectivity index (χ3n) is 9.84. The van der Waals surface area contributed by atoms with Crippen LogP contribution in [0.2, 0.25) is 0 Å². The number of fused-ring (bicyclic) bond motifs is 12. The summed E-state index contributed by atoms with van der Waals surface area (Å²) in [6.07, 6.45) is 6.72. The number of nitrogens with one attached hydrogen (secondary N) is 1. The third kappa shape index (κ3) is 3.29. The van der Waals surface area contributed by atoms with Crippen molar-refractivity contribution >= 4 is 71.7 Å². The van der Waals surface area contributed by atoms with E-state index in [2.05, 4.69) is 132 Å². The smallest absolute Gasteiger partial charge is 0.209 e. The van der Waals surface area contributed by atoms with Crippen molar-refractivity contribution in [3.05, 3.63) is 142 Å². The molecule has 2 aliphatic carbocycles. The van der Waals surface area contributed by atoms with Gasteiger partial charge in [-0.3, -0.25) is 4.57 Å². The van der Waals surface area contributed by atoms with Crippen LogP contribution in [0.4, 0.5) is 0 Å². The molecule has 0 fully saturated rings. The van der Waals surface area contributed by atoms with Gasteiger partial charge in [0, 0.05) is 26.6 Å². The van der Waals surface area contributed by atoms with Crippen LogP contribution in [0.15, 0.2) is 120 Å². The van der Waals surface area contributed by atoms with Gasteiger partial charge in [-0.1, -0.05) is 110 Å². The first-order valence-corrected chi connectivity index (χ1v) is 16.4. The molecule has 2 aromatic heterocycles. The van der Waals surface area contributed by atoms with Gasteiger partial charge in [0.15, 0.2) is 0 Å². The standard InChI is InChI=1S/C40H29N3S/c1-23-19-20-33-30(21-23)35-28-16-8-7-15-27(28)34-29-17-9-10-18-32(29)43(38(34)39(35)44-33)40-41-36(24-11-3-2-4-12-24)31-22-25-13-5-6-14-26(25)37(31)42-40/h2-20,23,36H,21-22H2,1H3,(H,41,42). The molecule has 10 rings (SSSR count). The van der Waals surface area contributed by atoms with Gasteiger partial charge in [0.1, 0.15) is 0 Å². The zero-order valence-electron chi connectivity index (χ0n) is 24.3. The highest BCUT2D eigenvalue weighted by Crippen LogP contribution is 2.49. The minimum Gasteiger partial charge on any atom is -0.345 e. The molecule has 3 nitrogen and oxygen atoms in total. The van der Waals surface area contributed by atoms with Crippen molar-refractivity contribution in [2.24, 2.45) is 10.9 Å². The normalized spacial score (nSPS) is 19.0. The highest BCUT2D eigenvalue weighted by atomic mass is 32.1. The molecule has 3 aliphatic rings. The fraction of sp³-hybridized carbons (Fsp3) is 0.125. The first kappa shape index (κ1) is 24.5. The maximum absolute atomic E-state index is 5.52. The number of hydrogen-bond acceptors (Lipinski definition) is 3. The second-order valence-corrected chi connectivity index (χ2v) is 13.5. The number of nitrogens with zero attached hydrogens (tertiary/aromatic N) is 2. The van der Waals surface area contributed by atoms with Gasteiger partial charge in [0.25, 0.3) is 0 Å². The second kappa shape index (κ2) is 9.04. The predicted molar refractivity (Wildman–Crippen MR) is 186 cm³/mol. The Bertz CT molecular complexity index is 2440. The summed E-state index contributed by atoms with van der Waals surface area (Å²) in [5.41, 5.74) is 10.3. The molecule has 5 aromatic carbocycles. The molecule has 0 saturated heterocycles. The highest BCUT2D eigenvalue weighted by Gasteiger charge is 2.34. The van der Waals surface area contributed by atoms with Crippen LogP contribution >= 0.6 is 11.3 Å². The number of thiophene rings is 1. The summed E-state index contributed by atoms with van der Waals surface area (Å²) in [5.74, 6) is 1.43. The lowest BCUT2D eigenvalue weighted by molar-refractivity contribution is 0.706. The van der Waals surface area contributed by atoms with Crippen LogP contribution in [0.25, 0.3) is 54.4 Å². The van der Waals surface area contributed by atoms with Crippen molar-refractivity contribution in [1.82, 2.24) is 9.88 Å². The second-order valence-electron chi connectivity index (χ2n) is 12.4. The molecule has 2 unspecified atom stereocenters. The Morgan fingerprint density at radius 2 is 1.52 bits per heavy atom. The Morgan fingerprint density at radius 3 is 2.39 bits per heavy atom. The molecule has 4 heteroatoms. The first-order chi connectivity index (χ1) is 21.7. The molecule has 3 heterocycles. The van der Waals surface area contributed by atoms with E-state index in [1.165, 1.54) is 75.4 Å². The zero-order valence-corrected chi connectivity index (χ0v) is 25.2. The van der Waals surface area contributed by atoms with Crippen LogP contribution in [-0.2, 0) is 12.8 Å². The van der Waals surface area contributed by atoms with Gasteiger partial charge in [-0.2, -0.15) is 0 Å². The predicted octanol–water partition coefficient (Wildman–Crippen LogP) is 9.88. The summed E-state index contributed by atoms with van der Waals surface area (Å²) in [7, 11) is 0. The van der Waals surface area contributed by atoms with E-state index >= 15 is 0 Å². The summed E-state index contributed by atoms with van der Waals surface area (Å²) < 4.78 is 3.79. The molecule has 0 radical (unpaired) electrons. The molecule has 44 heavy (non-hydrogen) atoms. The van der Waals surface area contributed by atoms with Crippen molar-refractivity contribution in [3.63, 3.8) is 0 Å². The summed E-state index contributed by atoms with van der Waals surface area (Å²) in [6.45, 7) is 2.33. The summed E-state index contributed by atoms with van der Waals surface area (Å²) in [5, 5.41) is 10.7. The lowest BCUT2D eigenvalue weighted by atomic mass is 9.90. The van der Waals surface area contributed by atoms with Crippen LogP contribution in [0, 0.1) is 5.92 Å². The topological polar surface area (TPSA) is 29.3 Å². The number of benzene rings is 5. The van der Waals surface area contributed by atoms with Gasteiger partial charge in [0.05, 0.1) is 27.5 Å². The number of rotatable bonds is 1. The van der Waals surface area contributed by atoms with Crippen LogP contribution in [0.5, 0.6) is 0 Å². The fourth-order valence-electron chi connectivity index (χ4n) is 7.92. The average Bonchev–Trinajstić information content (AvgIpc) is 3.74. The maximum atomic E-state index is 5.52. The van der Waals surface area contributed by atoms with Crippen LogP contribution in [0.3, 0.4) is 0 Å². The number of para-hydroxylation sites is 1. The lowest BCUT2D eigenvalue weighted by Gasteiger charge is -2.28. The number of aromatic nitrogens is 1. The Kier molecular flexibility index (Phi) is 5.04. The third-order valence-corrected chi connectivity index (χ3v) is 11.0. The van der Waals surface area contributed by atoms with E-state index in [1.807, 2.05) is 11.3 Å². The summed E-state index contributed by atoms with van der Waals surface area (Å²) in [6, 6.07) is 37.6. The molecular weight excluding hydrogens is 555 g/mol. The van der Waals surface area contributed by atoms with Gasteiger partial charge >= 0.3 is 0 Å². The SMILES string of the molecule is CC1C=Cc2sc3c(c2C1)c1ccccc1c1c2ccccc2n(C2=NC4=C(Cc5ccccc54)C(c4ccccc4)N2)c31. The molecule has 0 amide bonds. The summed E-state index contributed by atoms with van der Waals surface area (Å²) in [4.78, 5) is 6.91. The molecule has 0 bridgehead atoms. The van der Waals surface area contributed by atoms with Crippen LogP contribution < -0.4 is 5.32 Å². The van der Waals surface area contributed by atoms with Gasteiger partial charge in [-0.05, 0) is 63.9 Å². The fourth-order valence-corrected chi connectivity index (χ4v) is 9.22. The Balaban J connectivity index is 1.35. The van der Waals surface area contributed by atoms with Crippen molar-refractivity contribution in [3.8, 4) is 0 Å². The molecule has 2 atom stereocenters.